The van der Waals surface area contributed by atoms with Gasteiger partial charge in [-0.05, 0) is 30.7 Å². The molecule has 0 aliphatic carbocycles. The second-order valence-electron chi connectivity index (χ2n) is 6.86. The van der Waals surface area contributed by atoms with Crippen LogP contribution in [-0.4, -0.2) is 27.0 Å². The summed E-state index contributed by atoms with van der Waals surface area (Å²) in [6.07, 6.45) is 0. The van der Waals surface area contributed by atoms with Gasteiger partial charge in [-0.2, -0.15) is 5.10 Å². The van der Waals surface area contributed by atoms with E-state index in [4.69, 9.17) is 0 Å². The van der Waals surface area contributed by atoms with Crippen LogP contribution < -0.4 is 10.6 Å². The molecular formula is C21H21N5O2. The zero-order valence-electron chi connectivity index (χ0n) is 15.7. The summed E-state index contributed by atoms with van der Waals surface area (Å²) in [5, 5.41) is 13.3. The highest BCUT2D eigenvalue weighted by Crippen LogP contribution is 2.36. The molecule has 0 saturated carbocycles. The summed E-state index contributed by atoms with van der Waals surface area (Å²) in [7, 11) is 0. The summed E-state index contributed by atoms with van der Waals surface area (Å²) < 4.78 is 0. The maximum atomic E-state index is 12.6. The number of aromatic amines is 1. The fourth-order valence-electron chi connectivity index (χ4n) is 3.49. The van der Waals surface area contributed by atoms with E-state index in [1.54, 1.807) is 4.90 Å². The van der Waals surface area contributed by atoms with E-state index in [2.05, 4.69) is 20.8 Å². The summed E-state index contributed by atoms with van der Waals surface area (Å²) in [6.45, 7) is 4.38. The number of rotatable bonds is 3. The van der Waals surface area contributed by atoms with Crippen LogP contribution in [0.5, 0.6) is 0 Å². The average molecular weight is 375 g/mol. The molecule has 3 aromatic rings. The number of amides is 3. The molecule has 0 radical (unpaired) electrons. The lowest BCUT2D eigenvalue weighted by atomic mass is 10.00. The molecule has 28 heavy (non-hydrogen) atoms. The number of para-hydroxylation sites is 1. The molecule has 0 spiro atoms. The SMILES string of the molecule is CC(=O)Nc1cccc(C)c1-c1n[nH]c2c1CN(C(=O)Nc1ccccc1)C2. The van der Waals surface area contributed by atoms with Gasteiger partial charge in [-0.1, -0.05) is 30.3 Å². The molecule has 0 bridgehead atoms. The van der Waals surface area contributed by atoms with Gasteiger partial charge in [0.05, 0.1) is 30.2 Å². The van der Waals surface area contributed by atoms with Gasteiger partial charge in [-0.3, -0.25) is 9.89 Å². The molecule has 3 amide bonds. The molecule has 2 heterocycles. The fourth-order valence-corrected chi connectivity index (χ4v) is 3.49. The smallest absolute Gasteiger partial charge is 0.322 e. The number of fused-ring (bicyclic) bond motifs is 1. The minimum Gasteiger partial charge on any atom is -0.326 e. The van der Waals surface area contributed by atoms with Gasteiger partial charge in [0, 0.05) is 23.7 Å². The Morgan fingerprint density at radius 1 is 1.04 bits per heavy atom. The first kappa shape index (κ1) is 17.8. The van der Waals surface area contributed by atoms with Gasteiger partial charge in [0.2, 0.25) is 5.91 Å². The van der Waals surface area contributed by atoms with Crippen molar-refractivity contribution in [3.05, 3.63) is 65.4 Å². The maximum Gasteiger partial charge on any atom is 0.322 e. The standard InChI is InChI=1S/C21H21N5O2/c1-13-7-6-10-17(22-14(2)27)19(13)20-16-11-26(12-18(16)24-25-20)21(28)23-15-8-4-3-5-9-15/h3-10H,11-12H2,1-2H3,(H,22,27)(H,23,28)(H,24,25). The second kappa shape index (κ2) is 7.19. The molecule has 1 aliphatic rings. The number of hydrogen-bond donors (Lipinski definition) is 3. The molecule has 0 atom stereocenters. The van der Waals surface area contributed by atoms with E-state index in [1.807, 2.05) is 55.5 Å². The Balaban J connectivity index is 1.60. The van der Waals surface area contributed by atoms with Crippen LogP contribution in [0.2, 0.25) is 0 Å². The van der Waals surface area contributed by atoms with Crippen LogP contribution in [0.1, 0.15) is 23.7 Å². The number of anilines is 2. The molecule has 0 fully saturated rings. The van der Waals surface area contributed by atoms with Gasteiger partial charge in [0.15, 0.2) is 0 Å². The van der Waals surface area contributed by atoms with Crippen LogP contribution in [0.4, 0.5) is 16.2 Å². The third kappa shape index (κ3) is 3.34. The number of carbonyl (C=O) groups is 2. The lowest BCUT2D eigenvalue weighted by molar-refractivity contribution is -0.114. The van der Waals surface area contributed by atoms with Gasteiger partial charge in [0.25, 0.3) is 0 Å². The van der Waals surface area contributed by atoms with E-state index in [0.717, 1.165) is 33.8 Å². The Bertz CT molecular complexity index is 1040. The molecule has 7 heteroatoms. The van der Waals surface area contributed by atoms with E-state index in [-0.39, 0.29) is 11.9 Å². The lowest BCUT2D eigenvalue weighted by Crippen LogP contribution is -2.30. The van der Waals surface area contributed by atoms with E-state index < -0.39 is 0 Å². The molecular weight excluding hydrogens is 354 g/mol. The fraction of sp³-hybridized carbons (Fsp3) is 0.190. The molecule has 0 saturated heterocycles. The van der Waals surface area contributed by atoms with Crippen molar-refractivity contribution in [2.24, 2.45) is 0 Å². The third-order valence-electron chi connectivity index (χ3n) is 4.78. The van der Waals surface area contributed by atoms with Gasteiger partial charge in [-0.25, -0.2) is 4.79 Å². The predicted octanol–water partition coefficient (Wildman–Crippen LogP) is 3.89. The number of H-pyrrole nitrogens is 1. The first-order valence-corrected chi connectivity index (χ1v) is 9.07. The Kier molecular flexibility index (Phi) is 4.57. The van der Waals surface area contributed by atoms with Gasteiger partial charge in [0.1, 0.15) is 0 Å². The minimum absolute atomic E-state index is 0.136. The highest BCUT2D eigenvalue weighted by Gasteiger charge is 2.30. The van der Waals surface area contributed by atoms with Crippen molar-refractivity contribution < 1.29 is 9.59 Å². The number of hydrogen-bond acceptors (Lipinski definition) is 3. The van der Waals surface area contributed by atoms with Crippen molar-refractivity contribution >= 4 is 23.3 Å². The Morgan fingerprint density at radius 3 is 2.57 bits per heavy atom. The number of carbonyl (C=O) groups excluding carboxylic acids is 2. The summed E-state index contributed by atoms with van der Waals surface area (Å²) in [5.74, 6) is -0.136. The number of nitrogens with zero attached hydrogens (tertiary/aromatic N) is 2. The Labute approximate surface area is 162 Å². The van der Waals surface area contributed by atoms with E-state index in [9.17, 15) is 9.59 Å². The highest BCUT2D eigenvalue weighted by molar-refractivity contribution is 5.95. The molecule has 1 aromatic heterocycles. The zero-order chi connectivity index (χ0) is 19.7. The van der Waals surface area contributed by atoms with Gasteiger partial charge >= 0.3 is 6.03 Å². The topological polar surface area (TPSA) is 90.1 Å². The Morgan fingerprint density at radius 2 is 1.82 bits per heavy atom. The third-order valence-corrected chi connectivity index (χ3v) is 4.78. The Hall–Kier alpha value is -3.61. The van der Waals surface area contributed by atoms with Crippen molar-refractivity contribution in [3.63, 3.8) is 0 Å². The number of aromatic nitrogens is 2. The van der Waals surface area contributed by atoms with Crippen LogP contribution in [0.3, 0.4) is 0 Å². The summed E-state index contributed by atoms with van der Waals surface area (Å²) in [5.41, 5.74) is 6.02. The van der Waals surface area contributed by atoms with Crippen molar-refractivity contribution in [1.82, 2.24) is 15.1 Å². The van der Waals surface area contributed by atoms with Crippen molar-refractivity contribution in [1.29, 1.82) is 0 Å². The quantitative estimate of drug-likeness (QED) is 0.649. The lowest BCUT2D eigenvalue weighted by Gasteiger charge is -2.17. The van der Waals surface area contributed by atoms with Crippen LogP contribution in [-0.2, 0) is 17.9 Å². The van der Waals surface area contributed by atoms with Crippen molar-refractivity contribution in [2.75, 3.05) is 10.6 Å². The molecule has 0 unspecified atom stereocenters. The summed E-state index contributed by atoms with van der Waals surface area (Å²) >= 11 is 0. The largest absolute Gasteiger partial charge is 0.326 e. The zero-order valence-corrected chi connectivity index (χ0v) is 15.7. The van der Waals surface area contributed by atoms with Gasteiger partial charge in [-0.15, -0.1) is 0 Å². The normalized spacial score (nSPS) is 12.6. The summed E-state index contributed by atoms with van der Waals surface area (Å²) in [6, 6.07) is 15.0. The van der Waals surface area contributed by atoms with Crippen molar-refractivity contribution in [3.8, 4) is 11.3 Å². The summed E-state index contributed by atoms with van der Waals surface area (Å²) in [4.78, 5) is 26.0. The predicted molar refractivity (Wildman–Crippen MR) is 108 cm³/mol. The minimum atomic E-state index is -0.159. The molecule has 7 nitrogen and oxygen atoms in total. The molecule has 4 rings (SSSR count). The van der Waals surface area contributed by atoms with Crippen LogP contribution in [0.25, 0.3) is 11.3 Å². The molecule has 2 aromatic carbocycles. The monoisotopic (exact) mass is 375 g/mol. The van der Waals surface area contributed by atoms with Crippen LogP contribution in [0.15, 0.2) is 48.5 Å². The molecule has 1 aliphatic heterocycles. The van der Waals surface area contributed by atoms with E-state index in [1.165, 1.54) is 6.92 Å². The number of benzene rings is 2. The van der Waals surface area contributed by atoms with E-state index >= 15 is 0 Å². The maximum absolute atomic E-state index is 12.6. The average Bonchev–Trinajstić information content (AvgIpc) is 3.24. The number of urea groups is 1. The number of aryl methyl sites for hydroxylation is 1. The van der Waals surface area contributed by atoms with Crippen molar-refractivity contribution in [2.45, 2.75) is 26.9 Å². The highest BCUT2D eigenvalue weighted by atomic mass is 16.2. The first-order chi connectivity index (χ1) is 13.5. The number of nitrogens with one attached hydrogen (secondary N) is 3. The van der Waals surface area contributed by atoms with Gasteiger partial charge < -0.3 is 15.5 Å². The molecule has 3 N–H and O–H groups in total. The van der Waals surface area contributed by atoms with Crippen LogP contribution in [0, 0.1) is 6.92 Å². The van der Waals surface area contributed by atoms with E-state index in [0.29, 0.717) is 18.8 Å². The first-order valence-electron chi connectivity index (χ1n) is 9.07. The second-order valence-corrected chi connectivity index (χ2v) is 6.86. The molecule has 142 valence electrons. The van der Waals surface area contributed by atoms with Crippen LogP contribution >= 0.6 is 0 Å².